The van der Waals surface area contributed by atoms with Crippen LogP contribution in [-0.2, 0) is 9.59 Å². The molecule has 2 amide bonds. The van der Waals surface area contributed by atoms with Crippen molar-refractivity contribution in [3.8, 4) is 0 Å². The lowest BCUT2D eigenvalue weighted by molar-refractivity contribution is -0.122. The number of thioether (sulfide) groups is 1. The van der Waals surface area contributed by atoms with Gasteiger partial charge in [-0.15, -0.1) is 5.10 Å². The molecular weight excluding hydrogens is 372 g/mol. The van der Waals surface area contributed by atoms with Gasteiger partial charge in [0.2, 0.25) is 11.8 Å². The number of nitrogens with one attached hydrogen (secondary N) is 2. The second kappa shape index (κ2) is 8.64. The maximum absolute atomic E-state index is 12.1. The first-order valence-corrected chi connectivity index (χ1v) is 9.05. The van der Waals surface area contributed by atoms with Gasteiger partial charge in [-0.25, -0.2) is 0 Å². The molecule has 8 heteroatoms. The van der Waals surface area contributed by atoms with Gasteiger partial charge in [0.25, 0.3) is 0 Å². The number of benzene rings is 2. The summed E-state index contributed by atoms with van der Waals surface area (Å²) in [6, 6.07) is 16.3. The fourth-order valence-electron chi connectivity index (χ4n) is 2.19. The number of anilines is 1. The molecule has 0 saturated carbocycles. The predicted octanol–water partition coefficient (Wildman–Crippen LogP) is 3.29. The molecule has 0 radical (unpaired) electrons. The highest BCUT2D eigenvalue weighted by Gasteiger charge is 2.32. The van der Waals surface area contributed by atoms with Crippen LogP contribution in [0.15, 0.2) is 64.8 Å². The molecule has 2 aromatic rings. The van der Waals surface area contributed by atoms with E-state index in [0.717, 1.165) is 5.56 Å². The van der Waals surface area contributed by atoms with E-state index in [1.54, 1.807) is 30.5 Å². The van der Waals surface area contributed by atoms with Crippen molar-refractivity contribution in [3.05, 3.63) is 65.2 Å². The van der Waals surface area contributed by atoms with Crippen LogP contribution < -0.4 is 10.6 Å². The van der Waals surface area contributed by atoms with E-state index in [4.69, 9.17) is 11.6 Å². The molecule has 3 rings (SSSR count). The summed E-state index contributed by atoms with van der Waals surface area (Å²) < 4.78 is 0. The lowest BCUT2D eigenvalue weighted by Crippen LogP contribution is -2.28. The Balaban J connectivity index is 1.54. The van der Waals surface area contributed by atoms with Gasteiger partial charge in [0, 0.05) is 17.1 Å². The first-order chi connectivity index (χ1) is 12.6. The van der Waals surface area contributed by atoms with E-state index < -0.39 is 5.25 Å². The second-order valence-electron chi connectivity index (χ2n) is 5.42. The molecule has 1 aliphatic rings. The molecule has 26 heavy (non-hydrogen) atoms. The molecule has 6 nitrogen and oxygen atoms in total. The van der Waals surface area contributed by atoms with Crippen molar-refractivity contribution in [3.63, 3.8) is 0 Å². The van der Waals surface area contributed by atoms with Crippen molar-refractivity contribution in [1.29, 1.82) is 0 Å². The van der Waals surface area contributed by atoms with Gasteiger partial charge in [0.05, 0.1) is 6.21 Å². The summed E-state index contributed by atoms with van der Waals surface area (Å²) >= 11 is 7.00. The van der Waals surface area contributed by atoms with E-state index in [2.05, 4.69) is 20.8 Å². The Morgan fingerprint density at radius 2 is 1.92 bits per heavy atom. The minimum Gasteiger partial charge on any atom is -0.326 e. The maximum atomic E-state index is 12.1. The number of amides is 2. The van der Waals surface area contributed by atoms with Gasteiger partial charge in [0.1, 0.15) is 5.25 Å². The third-order valence-corrected chi connectivity index (χ3v) is 4.75. The Morgan fingerprint density at radius 1 is 1.19 bits per heavy atom. The summed E-state index contributed by atoms with van der Waals surface area (Å²) in [6.45, 7) is 0. The molecular formula is C18H15ClN4O2S. The Hall–Kier alpha value is -2.64. The number of hydrogen-bond acceptors (Lipinski definition) is 5. The van der Waals surface area contributed by atoms with Crippen molar-refractivity contribution in [2.75, 3.05) is 5.32 Å². The number of nitrogens with zero attached hydrogens (tertiary/aromatic N) is 2. The van der Waals surface area contributed by atoms with Gasteiger partial charge >= 0.3 is 0 Å². The summed E-state index contributed by atoms with van der Waals surface area (Å²) in [5.41, 5.74) is 1.54. The fraction of sp³-hybridized carbons (Fsp3) is 0.111. The predicted molar refractivity (Wildman–Crippen MR) is 106 cm³/mol. The molecule has 1 saturated heterocycles. The number of hydrogen-bond donors (Lipinski definition) is 2. The highest BCUT2D eigenvalue weighted by Crippen LogP contribution is 2.23. The van der Waals surface area contributed by atoms with E-state index >= 15 is 0 Å². The second-order valence-corrected chi connectivity index (χ2v) is 7.04. The average molecular weight is 387 g/mol. The normalized spacial score (nSPS) is 18.3. The average Bonchev–Trinajstić information content (AvgIpc) is 2.97. The fourth-order valence-corrected chi connectivity index (χ4v) is 3.24. The molecule has 0 aromatic heterocycles. The number of carbonyl (C=O) groups is 2. The van der Waals surface area contributed by atoms with Crippen LogP contribution in [0.1, 0.15) is 12.0 Å². The number of amidine groups is 1. The number of carbonyl (C=O) groups excluding carboxylic acids is 2. The molecule has 1 unspecified atom stereocenters. The lowest BCUT2D eigenvalue weighted by atomic mass is 10.2. The van der Waals surface area contributed by atoms with E-state index in [1.807, 2.05) is 30.3 Å². The zero-order chi connectivity index (χ0) is 18.4. The van der Waals surface area contributed by atoms with Crippen molar-refractivity contribution < 1.29 is 9.59 Å². The summed E-state index contributed by atoms with van der Waals surface area (Å²) in [5, 5.41) is 13.8. The van der Waals surface area contributed by atoms with Gasteiger partial charge < -0.3 is 10.6 Å². The van der Waals surface area contributed by atoms with Gasteiger partial charge in [0.15, 0.2) is 5.17 Å². The third-order valence-electron chi connectivity index (χ3n) is 3.43. The van der Waals surface area contributed by atoms with Crippen molar-refractivity contribution in [2.24, 2.45) is 10.2 Å². The maximum Gasteiger partial charge on any atom is 0.240 e. The van der Waals surface area contributed by atoms with Crippen LogP contribution in [0.2, 0.25) is 5.02 Å². The van der Waals surface area contributed by atoms with Crippen molar-refractivity contribution in [2.45, 2.75) is 11.7 Å². The van der Waals surface area contributed by atoms with Crippen LogP contribution in [0, 0.1) is 0 Å². The lowest BCUT2D eigenvalue weighted by Gasteiger charge is -2.07. The number of rotatable bonds is 5. The van der Waals surface area contributed by atoms with Crippen molar-refractivity contribution >= 4 is 52.2 Å². The Morgan fingerprint density at radius 3 is 2.65 bits per heavy atom. The number of halogens is 1. The summed E-state index contributed by atoms with van der Waals surface area (Å²) in [6.07, 6.45) is 1.64. The van der Waals surface area contributed by atoms with Crippen LogP contribution >= 0.6 is 23.4 Å². The first-order valence-electron chi connectivity index (χ1n) is 7.79. The van der Waals surface area contributed by atoms with Crippen LogP contribution in [0.25, 0.3) is 0 Å². The van der Waals surface area contributed by atoms with E-state index in [-0.39, 0.29) is 18.2 Å². The van der Waals surface area contributed by atoms with E-state index in [0.29, 0.717) is 15.9 Å². The van der Waals surface area contributed by atoms with Gasteiger partial charge in [-0.2, -0.15) is 5.10 Å². The quantitative estimate of drug-likeness (QED) is 0.611. The Labute approximate surface area is 159 Å². The first kappa shape index (κ1) is 18.2. The molecule has 0 bridgehead atoms. The van der Waals surface area contributed by atoms with Crippen LogP contribution in [0.4, 0.5) is 5.69 Å². The zero-order valence-electron chi connectivity index (χ0n) is 13.6. The zero-order valence-corrected chi connectivity index (χ0v) is 15.1. The van der Waals surface area contributed by atoms with Crippen LogP contribution in [0.3, 0.4) is 0 Å². The SMILES string of the molecule is O=C(CC1S/C(=N\N=C\c2ccccc2)NC1=O)Nc1ccc(Cl)cc1. The van der Waals surface area contributed by atoms with E-state index in [1.165, 1.54) is 11.8 Å². The monoisotopic (exact) mass is 386 g/mol. The molecule has 1 fully saturated rings. The largest absolute Gasteiger partial charge is 0.326 e. The highest BCUT2D eigenvalue weighted by atomic mass is 35.5. The molecule has 0 spiro atoms. The Kier molecular flexibility index (Phi) is 6.04. The Bertz CT molecular complexity index is 853. The molecule has 0 aliphatic carbocycles. The minimum absolute atomic E-state index is 0.0422. The smallest absolute Gasteiger partial charge is 0.240 e. The molecule has 1 atom stereocenters. The van der Waals surface area contributed by atoms with Crippen LogP contribution in [0.5, 0.6) is 0 Å². The summed E-state index contributed by atoms with van der Waals surface area (Å²) in [4.78, 5) is 24.1. The molecule has 1 aliphatic heterocycles. The van der Waals surface area contributed by atoms with Gasteiger partial charge in [-0.05, 0) is 29.8 Å². The molecule has 1 heterocycles. The van der Waals surface area contributed by atoms with Gasteiger partial charge in [-0.1, -0.05) is 53.7 Å². The summed E-state index contributed by atoms with van der Waals surface area (Å²) in [7, 11) is 0. The molecule has 132 valence electrons. The topological polar surface area (TPSA) is 82.9 Å². The van der Waals surface area contributed by atoms with E-state index in [9.17, 15) is 9.59 Å². The molecule has 2 aromatic carbocycles. The molecule has 2 N–H and O–H groups in total. The third kappa shape index (κ3) is 5.18. The standard InChI is InChI=1S/C18H15ClN4O2S/c19-13-6-8-14(9-7-13)21-16(24)10-15-17(25)22-18(26-15)23-20-11-12-4-2-1-3-5-12/h1-9,11,15H,10H2,(H,21,24)(H,22,23,25)/b20-11+. The van der Waals surface area contributed by atoms with Gasteiger partial charge in [-0.3, -0.25) is 9.59 Å². The minimum atomic E-state index is -0.534. The van der Waals surface area contributed by atoms with Crippen molar-refractivity contribution in [1.82, 2.24) is 5.32 Å². The summed E-state index contributed by atoms with van der Waals surface area (Å²) in [5.74, 6) is -0.510. The highest BCUT2D eigenvalue weighted by molar-refractivity contribution is 8.15. The van der Waals surface area contributed by atoms with Crippen LogP contribution in [-0.4, -0.2) is 28.4 Å².